The minimum atomic E-state index is -0.423. The van der Waals surface area contributed by atoms with Crippen LogP contribution in [0.3, 0.4) is 0 Å². The van der Waals surface area contributed by atoms with Crippen LogP contribution in [0.1, 0.15) is 26.3 Å². The molecule has 1 N–H and O–H groups in total. The Morgan fingerprint density at radius 3 is 2.11 bits per heavy atom. The predicted octanol–water partition coefficient (Wildman–Crippen LogP) is 4.49. The molecule has 0 saturated carbocycles. The van der Waals surface area contributed by atoms with Gasteiger partial charge >= 0.3 is 0 Å². The highest BCUT2D eigenvalue weighted by molar-refractivity contribution is 6.05. The van der Waals surface area contributed by atoms with Crippen molar-refractivity contribution in [3.05, 3.63) is 101 Å². The third kappa shape index (κ3) is 4.79. The summed E-state index contributed by atoms with van der Waals surface area (Å²) in [6, 6.07) is 17.7. The molecule has 0 bridgehead atoms. The largest absolute Gasteiger partial charge is 0.337 e. The zero-order valence-corrected chi connectivity index (χ0v) is 15.2. The molecule has 0 aliphatic heterocycles. The van der Waals surface area contributed by atoms with Crippen molar-refractivity contribution in [2.24, 2.45) is 0 Å². The lowest BCUT2D eigenvalue weighted by molar-refractivity contribution is 0.0784. The van der Waals surface area contributed by atoms with Gasteiger partial charge in [-0.25, -0.2) is 8.78 Å². The van der Waals surface area contributed by atoms with Crippen LogP contribution in [0.25, 0.3) is 0 Å². The average molecular weight is 380 g/mol. The molecule has 0 saturated heterocycles. The number of carbonyl (C=O) groups is 2. The molecule has 0 aliphatic rings. The molecule has 3 aromatic carbocycles. The van der Waals surface area contributed by atoms with E-state index >= 15 is 0 Å². The van der Waals surface area contributed by atoms with Gasteiger partial charge in [-0.2, -0.15) is 0 Å². The summed E-state index contributed by atoms with van der Waals surface area (Å²) >= 11 is 0. The third-order valence-electron chi connectivity index (χ3n) is 4.15. The van der Waals surface area contributed by atoms with Crippen LogP contribution in [0.5, 0.6) is 0 Å². The molecular weight excluding hydrogens is 362 g/mol. The highest BCUT2D eigenvalue weighted by Crippen LogP contribution is 2.15. The SMILES string of the molecule is CN(Cc1ccc(F)cc1)C(=O)c1cccc(NC(=O)c2ccc(F)cc2)c1. The molecule has 2 amide bonds. The summed E-state index contributed by atoms with van der Waals surface area (Å²) in [4.78, 5) is 26.4. The van der Waals surface area contributed by atoms with E-state index in [2.05, 4.69) is 5.32 Å². The molecule has 3 aromatic rings. The Morgan fingerprint density at radius 1 is 0.857 bits per heavy atom. The highest BCUT2D eigenvalue weighted by atomic mass is 19.1. The van der Waals surface area contributed by atoms with Gasteiger partial charge in [0.05, 0.1) is 0 Å². The topological polar surface area (TPSA) is 49.4 Å². The fourth-order valence-electron chi connectivity index (χ4n) is 2.69. The van der Waals surface area contributed by atoms with Crippen molar-refractivity contribution in [3.8, 4) is 0 Å². The lowest BCUT2D eigenvalue weighted by Gasteiger charge is -2.18. The summed E-state index contributed by atoms with van der Waals surface area (Å²) in [6.07, 6.45) is 0. The van der Waals surface area contributed by atoms with E-state index in [1.807, 2.05) is 0 Å². The first-order valence-electron chi connectivity index (χ1n) is 8.59. The first kappa shape index (κ1) is 19.2. The number of rotatable bonds is 5. The fourth-order valence-corrected chi connectivity index (χ4v) is 2.69. The van der Waals surface area contributed by atoms with Crippen LogP contribution in [0.4, 0.5) is 14.5 Å². The number of halogens is 2. The number of nitrogens with zero attached hydrogens (tertiary/aromatic N) is 1. The van der Waals surface area contributed by atoms with Crippen molar-refractivity contribution in [1.29, 1.82) is 0 Å². The standard InChI is InChI=1S/C22H18F2N2O2/c1-26(14-15-5-9-18(23)10-6-15)22(28)17-3-2-4-20(13-17)25-21(27)16-7-11-19(24)12-8-16/h2-13H,14H2,1H3,(H,25,27). The van der Waals surface area contributed by atoms with E-state index in [1.165, 1.54) is 41.3 Å². The molecular formula is C22H18F2N2O2. The van der Waals surface area contributed by atoms with E-state index in [9.17, 15) is 18.4 Å². The number of nitrogens with one attached hydrogen (secondary N) is 1. The van der Waals surface area contributed by atoms with E-state index in [0.29, 0.717) is 23.4 Å². The van der Waals surface area contributed by atoms with Crippen LogP contribution in [0.15, 0.2) is 72.8 Å². The molecule has 6 heteroatoms. The van der Waals surface area contributed by atoms with Gasteiger partial charge in [0, 0.05) is 30.4 Å². The van der Waals surface area contributed by atoms with Crippen LogP contribution in [-0.4, -0.2) is 23.8 Å². The second kappa shape index (κ2) is 8.43. The molecule has 0 spiro atoms. The van der Waals surface area contributed by atoms with Gasteiger partial charge in [-0.15, -0.1) is 0 Å². The molecule has 0 radical (unpaired) electrons. The minimum absolute atomic E-state index is 0.234. The number of hydrogen-bond donors (Lipinski definition) is 1. The lowest BCUT2D eigenvalue weighted by atomic mass is 10.1. The molecule has 0 unspecified atom stereocenters. The maximum atomic E-state index is 13.0. The van der Waals surface area contributed by atoms with Gasteiger partial charge in [0.2, 0.25) is 0 Å². The molecule has 0 aromatic heterocycles. The Hall–Kier alpha value is -3.54. The Bertz CT molecular complexity index is 986. The van der Waals surface area contributed by atoms with Gasteiger partial charge in [-0.1, -0.05) is 18.2 Å². The number of benzene rings is 3. The molecule has 0 fully saturated rings. The molecule has 3 rings (SSSR count). The van der Waals surface area contributed by atoms with Gasteiger partial charge in [0.1, 0.15) is 11.6 Å². The Labute approximate surface area is 161 Å². The Morgan fingerprint density at radius 2 is 1.46 bits per heavy atom. The maximum Gasteiger partial charge on any atom is 0.255 e. The summed E-state index contributed by atoms with van der Waals surface area (Å²) in [5, 5.41) is 2.69. The fraction of sp³-hybridized carbons (Fsp3) is 0.0909. The molecule has 4 nitrogen and oxygen atoms in total. The summed E-state index contributed by atoms with van der Waals surface area (Å²) < 4.78 is 26.0. The second-order valence-electron chi connectivity index (χ2n) is 6.33. The first-order valence-corrected chi connectivity index (χ1v) is 8.59. The predicted molar refractivity (Wildman–Crippen MR) is 103 cm³/mol. The van der Waals surface area contributed by atoms with Crippen molar-refractivity contribution in [2.75, 3.05) is 12.4 Å². The molecule has 0 atom stereocenters. The normalized spacial score (nSPS) is 10.4. The molecule has 0 aliphatic carbocycles. The second-order valence-corrected chi connectivity index (χ2v) is 6.33. The molecule has 142 valence electrons. The van der Waals surface area contributed by atoms with E-state index in [-0.39, 0.29) is 11.7 Å². The summed E-state index contributed by atoms with van der Waals surface area (Å²) in [5.74, 6) is -1.39. The lowest BCUT2D eigenvalue weighted by Crippen LogP contribution is -2.26. The average Bonchev–Trinajstić information content (AvgIpc) is 2.69. The van der Waals surface area contributed by atoms with Crippen molar-refractivity contribution in [1.82, 2.24) is 4.90 Å². The van der Waals surface area contributed by atoms with E-state index < -0.39 is 11.7 Å². The van der Waals surface area contributed by atoms with Crippen LogP contribution in [0, 0.1) is 11.6 Å². The van der Waals surface area contributed by atoms with Gasteiger partial charge < -0.3 is 10.2 Å². The van der Waals surface area contributed by atoms with Gasteiger partial charge in [-0.3, -0.25) is 9.59 Å². The first-order chi connectivity index (χ1) is 13.4. The monoisotopic (exact) mass is 380 g/mol. The van der Waals surface area contributed by atoms with Crippen LogP contribution in [-0.2, 0) is 6.54 Å². The van der Waals surface area contributed by atoms with Crippen LogP contribution in [0.2, 0.25) is 0 Å². The third-order valence-corrected chi connectivity index (χ3v) is 4.15. The maximum absolute atomic E-state index is 13.0. The van der Waals surface area contributed by atoms with Crippen molar-refractivity contribution < 1.29 is 18.4 Å². The van der Waals surface area contributed by atoms with Crippen molar-refractivity contribution >= 4 is 17.5 Å². The Kier molecular flexibility index (Phi) is 5.79. The summed E-state index contributed by atoms with van der Waals surface area (Å²) in [6.45, 7) is 0.325. The number of carbonyl (C=O) groups excluding carboxylic acids is 2. The number of anilines is 1. The van der Waals surface area contributed by atoms with Gasteiger partial charge in [0.15, 0.2) is 0 Å². The van der Waals surface area contributed by atoms with Gasteiger partial charge in [-0.05, 0) is 60.2 Å². The van der Waals surface area contributed by atoms with Crippen molar-refractivity contribution in [2.45, 2.75) is 6.54 Å². The Balaban J connectivity index is 1.69. The van der Waals surface area contributed by atoms with E-state index in [1.54, 1.807) is 43.4 Å². The highest BCUT2D eigenvalue weighted by Gasteiger charge is 2.14. The molecule has 28 heavy (non-hydrogen) atoms. The quantitative estimate of drug-likeness (QED) is 0.709. The van der Waals surface area contributed by atoms with E-state index in [0.717, 1.165) is 5.56 Å². The number of amides is 2. The zero-order chi connectivity index (χ0) is 20.1. The van der Waals surface area contributed by atoms with Crippen molar-refractivity contribution in [3.63, 3.8) is 0 Å². The summed E-state index contributed by atoms with van der Waals surface area (Å²) in [5.41, 5.74) is 1.97. The summed E-state index contributed by atoms with van der Waals surface area (Å²) in [7, 11) is 1.65. The van der Waals surface area contributed by atoms with Gasteiger partial charge in [0.25, 0.3) is 11.8 Å². The van der Waals surface area contributed by atoms with Crippen LogP contribution < -0.4 is 5.32 Å². The minimum Gasteiger partial charge on any atom is -0.337 e. The van der Waals surface area contributed by atoms with E-state index in [4.69, 9.17) is 0 Å². The molecule has 0 heterocycles. The zero-order valence-electron chi connectivity index (χ0n) is 15.2. The number of hydrogen-bond acceptors (Lipinski definition) is 2. The smallest absolute Gasteiger partial charge is 0.255 e. The van der Waals surface area contributed by atoms with Crippen LogP contribution >= 0.6 is 0 Å².